The molecule has 0 bridgehead atoms. The average molecular weight is 367 g/mol. The van der Waals surface area contributed by atoms with E-state index in [0.717, 1.165) is 0 Å². The molecular formula is C16H25N5O5. The van der Waals surface area contributed by atoms with Crippen LogP contribution in [0.3, 0.4) is 0 Å². The first-order chi connectivity index (χ1) is 12.0. The van der Waals surface area contributed by atoms with E-state index in [4.69, 9.17) is 4.74 Å². The molecule has 1 unspecified atom stereocenters. The van der Waals surface area contributed by atoms with E-state index in [1.807, 2.05) is 27.7 Å². The normalized spacial score (nSPS) is 26.5. The van der Waals surface area contributed by atoms with E-state index in [1.54, 1.807) is 4.57 Å². The van der Waals surface area contributed by atoms with Crippen molar-refractivity contribution in [2.45, 2.75) is 45.9 Å². The second kappa shape index (κ2) is 6.11. The van der Waals surface area contributed by atoms with Gasteiger partial charge >= 0.3 is 17.9 Å². The summed E-state index contributed by atoms with van der Waals surface area (Å²) >= 11 is 0. The first-order valence-electron chi connectivity index (χ1n) is 8.61. The second-order valence-electron chi connectivity index (χ2n) is 8.41. The molecule has 1 amide bonds. The van der Waals surface area contributed by atoms with Gasteiger partial charge in [-0.2, -0.15) is 0 Å². The number of rotatable bonds is 3. The van der Waals surface area contributed by atoms with Gasteiger partial charge in [0.15, 0.2) is 0 Å². The zero-order valence-corrected chi connectivity index (χ0v) is 15.5. The quantitative estimate of drug-likeness (QED) is 0.638. The van der Waals surface area contributed by atoms with E-state index >= 15 is 0 Å². The summed E-state index contributed by atoms with van der Waals surface area (Å²) in [4.78, 5) is 29.4. The van der Waals surface area contributed by atoms with Gasteiger partial charge in [0.25, 0.3) is 0 Å². The molecule has 1 fully saturated rings. The molecule has 2 aliphatic heterocycles. The largest absolute Gasteiger partial charge is 0.465 e. The molecule has 0 radical (unpaired) electrons. The fraction of sp³-hybridized carbons (Fsp3) is 0.750. The highest BCUT2D eigenvalue weighted by Gasteiger charge is 2.44. The Bertz CT molecular complexity index is 702. The van der Waals surface area contributed by atoms with Crippen LogP contribution in [0.5, 0.6) is 6.01 Å². The number of hydrogen-bond acceptors (Lipinski definition) is 6. The standard InChI is InChI=1S/C16H25N5O5/c1-15(2,3)11-7-18(5-6-20(11)14(22)23)9-16(4)10-19-8-12(21(24)25)17-13(19)26-16/h8,11H,5-7,9-10H2,1-4H3,(H,22,23)/t11-,16?/m1/s1. The van der Waals surface area contributed by atoms with Crippen molar-refractivity contribution >= 4 is 11.9 Å². The van der Waals surface area contributed by atoms with Crippen molar-refractivity contribution < 1.29 is 19.6 Å². The summed E-state index contributed by atoms with van der Waals surface area (Å²) in [6.45, 7) is 10.8. The highest BCUT2D eigenvalue weighted by atomic mass is 16.6. The van der Waals surface area contributed by atoms with Gasteiger partial charge in [-0.3, -0.25) is 9.47 Å². The molecule has 1 aromatic rings. The van der Waals surface area contributed by atoms with Crippen molar-refractivity contribution in [2.24, 2.45) is 5.41 Å². The Balaban J connectivity index is 1.68. The van der Waals surface area contributed by atoms with Crippen LogP contribution < -0.4 is 4.74 Å². The third-order valence-electron chi connectivity index (χ3n) is 5.02. The molecule has 144 valence electrons. The number of carbonyl (C=O) groups is 1. The number of piperazine rings is 1. The molecular weight excluding hydrogens is 342 g/mol. The van der Waals surface area contributed by atoms with Gasteiger partial charge in [-0.25, -0.2) is 4.79 Å². The van der Waals surface area contributed by atoms with Gasteiger partial charge in [0, 0.05) is 31.2 Å². The first kappa shape index (κ1) is 18.4. The van der Waals surface area contributed by atoms with Crippen LogP contribution in [-0.2, 0) is 6.54 Å². The zero-order valence-electron chi connectivity index (χ0n) is 15.5. The van der Waals surface area contributed by atoms with Gasteiger partial charge in [0.05, 0.1) is 12.6 Å². The van der Waals surface area contributed by atoms with Crippen LogP contribution in [-0.4, -0.2) is 73.3 Å². The maximum absolute atomic E-state index is 11.5. The van der Waals surface area contributed by atoms with Crippen molar-refractivity contribution in [1.29, 1.82) is 0 Å². The van der Waals surface area contributed by atoms with Crippen LogP contribution in [0.25, 0.3) is 0 Å². The predicted molar refractivity (Wildman–Crippen MR) is 92.3 cm³/mol. The van der Waals surface area contributed by atoms with Gasteiger partial charge in [-0.05, 0) is 17.3 Å². The smallest absolute Gasteiger partial charge is 0.415 e. The highest BCUT2D eigenvalue weighted by Crippen LogP contribution is 2.33. The van der Waals surface area contributed by atoms with Crippen molar-refractivity contribution in [3.05, 3.63) is 16.3 Å². The van der Waals surface area contributed by atoms with E-state index in [-0.39, 0.29) is 23.3 Å². The molecule has 10 heteroatoms. The number of fused-ring (bicyclic) bond motifs is 1. The summed E-state index contributed by atoms with van der Waals surface area (Å²) in [5.41, 5.74) is -0.729. The third kappa shape index (κ3) is 3.46. The van der Waals surface area contributed by atoms with Crippen LogP contribution in [0, 0.1) is 15.5 Å². The van der Waals surface area contributed by atoms with E-state index in [2.05, 4.69) is 9.88 Å². The number of hydrogen-bond donors (Lipinski definition) is 1. The Kier molecular flexibility index (Phi) is 4.33. The lowest BCUT2D eigenvalue weighted by Crippen LogP contribution is -2.61. The zero-order chi connectivity index (χ0) is 19.3. The fourth-order valence-electron chi connectivity index (χ4n) is 3.79. The predicted octanol–water partition coefficient (Wildman–Crippen LogP) is 1.65. The molecule has 3 rings (SSSR count). The van der Waals surface area contributed by atoms with Crippen molar-refractivity contribution in [3.8, 4) is 6.01 Å². The average Bonchev–Trinajstić information content (AvgIpc) is 3.00. The Labute approximate surface area is 151 Å². The second-order valence-corrected chi connectivity index (χ2v) is 8.41. The molecule has 1 saturated heterocycles. The van der Waals surface area contributed by atoms with Crippen molar-refractivity contribution in [3.63, 3.8) is 0 Å². The molecule has 0 saturated carbocycles. The molecule has 1 N–H and O–H groups in total. The van der Waals surface area contributed by atoms with Crippen LogP contribution in [0.1, 0.15) is 27.7 Å². The summed E-state index contributed by atoms with van der Waals surface area (Å²) in [6, 6.07) is 0.146. The summed E-state index contributed by atoms with van der Waals surface area (Å²) in [5, 5.41) is 20.3. The third-order valence-corrected chi connectivity index (χ3v) is 5.02. The number of ether oxygens (including phenoxy) is 1. The Morgan fingerprint density at radius 3 is 2.73 bits per heavy atom. The van der Waals surface area contributed by atoms with Crippen LogP contribution in [0.15, 0.2) is 6.20 Å². The van der Waals surface area contributed by atoms with Gasteiger partial charge in [-0.1, -0.05) is 20.8 Å². The van der Waals surface area contributed by atoms with Gasteiger partial charge in [0.1, 0.15) is 11.8 Å². The summed E-state index contributed by atoms with van der Waals surface area (Å²) in [5.74, 6) is -0.218. The highest BCUT2D eigenvalue weighted by molar-refractivity contribution is 5.65. The van der Waals surface area contributed by atoms with Crippen molar-refractivity contribution in [1.82, 2.24) is 19.4 Å². The fourth-order valence-corrected chi connectivity index (χ4v) is 3.79. The molecule has 3 heterocycles. The van der Waals surface area contributed by atoms with Gasteiger partial charge < -0.3 is 24.9 Å². The van der Waals surface area contributed by atoms with Crippen LogP contribution in [0.2, 0.25) is 0 Å². The van der Waals surface area contributed by atoms with E-state index in [1.165, 1.54) is 11.1 Å². The first-order valence-corrected chi connectivity index (χ1v) is 8.61. The van der Waals surface area contributed by atoms with E-state index in [9.17, 15) is 20.0 Å². The molecule has 0 spiro atoms. The lowest BCUT2D eigenvalue weighted by atomic mass is 9.84. The molecule has 0 aromatic carbocycles. The SMILES string of the molecule is CC1(CN2CCN(C(=O)O)[C@@H](C(C)(C)C)C2)Cn2cc([N+](=O)[O-])nc2O1. The van der Waals surface area contributed by atoms with Gasteiger partial charge in [0.2, 0.25) is 0 Å². The lowest BCUT2D eigenvalue weighted by molar-refractivity contribution is -0.389. The maximum Gasteiger partial charge on any atom is 0.415 e. The molecule has 0 aliphatic carbocycles. The minimum Gasteiger partial charge on any atom is -0.465 e. The monoisotopic (exact) mass is 367 g/mol. The Hall–Kier alpha value is -2.36. The van der Waals surface area contributed by atoms with Crippen LogP contribution in [0.4, 0.5) is 10.6 Å². The molecule has 1 aromatic heterocycles. The topological polar surface area (TPSA) is 114 Å². The number of amides is 1. The number of aromatic nitrogens is 2. The summed E-state index contributed by atoms with van der Waals surface area (Å²) in [7, 11) is 0. The minimum absolute atomic E-state index is 0.114. The number of imidazole rings is 1. The lowest BCUT2D eigenvalue weighted by Gasteiger charge is -2.47. The maximum atomic E-state index is 11.5. The summed E-state index contributed by atoms with van der Waals surface area (Å²) in [6.07, 6.45) is 0.501. The number of nitro groups is 1. The molecule has 26 heavy (non-hydrogen) atoms. The minimum atomic E-state index is -0.889. The molecule has 10 nitrogen and oxygen atoms in total. The Morgan fingerprint density at radius 1 is 1.50 bits per heavy atom. The molecule has 2 atom stereocenters. The van der Waals surface area contributed by atoms with E-state index in [0.29, 0.717) is 32.7 Å². The molecule has 2 aliphatic rings. The summed E-state index contributed by atoms with van der Waals surface area (Å²) < 4.78 is 7.56. The number of nitrogens with zero attached hydrogens (tertiary/aromatic N) is 5. The Morgan fingerprint density at radius 2 is 2.19 bits per heavy atom. The van der Waals surface area contributed by atoms with Gasteiger partial charge in [-0.15, -0.1) is 0 Å². The van der Waals surface area contributed by atoms with Crippen molar-refractivity contribution in [2.75, 3.05) is 26.2 Å². The van der Waals surface area contributed by atoms with Crippen LogP contribution >= 0.6 is 0 Å². The van der Waals surface area contributed by atoms with E-state index < -0.39 is 16.6 Å². The number of carboxylic acid groups (broad SMARTS) is 1.